The molecule has 0 saturated heterocycles. The van der Waals surface area contributed by atoms with Crippen molar-refractivity contribution in [2.75, 3.05) is 25.0 Å². The summed E-state index contributed by atoms with van der Waals surface area (Å²) in [5.41, 5.74) is 5.69. The third kappa shape index (κ3) is 4.20. The Morgan fingerprint density at radius 1 is 1.16 bits per heavy atom. The van der Waals surface area contributed by atoms with E-state index in [9.17, 15) is 9.90 Å². The van der Waals surface area contributed by atoms with Crippen LogP contribution in [0.15, 0.2) is 36.4 Å². The lowest BCUT2D eigenvalue weighted by Gasteiger charge is -2.20. The highest BCUT2D eigenvalue weighted by Gasteiger charge is 2.17. The Hall–Kier alpha value is -2.33. The minimum absolute atomic E-state index is 0.0396. The number of nitrogens with one attached hydrogen (secondary N) is 1. The molecule has 1 heterocycles. The standard InChI is InChI=1S/C21H26N2O2/c1-3-16-6-4-5-15(2)21(16)22-20(25)14-23-11-9-17-7-8-19(24)13-18(17)10-12-23/h4-8,13,24H,3,9-12,14H2,1-2H3,(H,22,25). The van der Waals surface area contributed by atoms with Crippen molar-refractivity contribution in [3.63, 3.8) is 0 Å². The molecule has 0 aromatic heterocycles. The van der Waals surface area contributed by atoms with Gasteiger partial charge in [-0.15, -0.1) is 0 Å². The Bertz CT molecular complexity index is 770. The van der Waals surface area contributed by atoms with Crippen LogP contribution >= 0.6 is 0 Å². The summed E-state index contributed by atoms with van der Waals surface area (Å²) in [7, 11) is 0. The molecule has 0 bridgehead atoms. The summed E-state index contributed by atoms with van der Waals surface area (Å²) in [6.45, 7) is 6.23. The molecule has 2 aromatic carbocycles. The van der Waals surface area contributed by atoms with Crippen molar-refractivity contribution < 1.29 is 9.90 Å². The molecule has 1 aliphatic heterocycles. The summed E-state index contributed by atoms with van der Waals surface area (Å²) >= 11 is 0. The zero-order valence-electron chi connectivity index (χ0n) is 15.0. The van der Waals surface area contributed by atoms with E-state index in [4.69, 9.17) is 0 Å². The Morgan fingerprint density at radius 3 is 2.68 bits per heavy atom. The molecule has 1 amide bonds. The number of fused-ring (bicyclic) bond motifs is 1. The number of benzene rings is 2. The van der Waals surface area contributed by atoms with E-state index in [0.29, 0.717) is 12.3 Å². The number of hydrogen-bond donors (Lipinski definition) is 2. The number of aryl methyl sites for hydroxylation is 2. The minimum atomic E-state index is 0.0396. The van der Waals surface area contributed by atoms with Crippen molar-refractivity contribution >= 4 is 11.6 Å². The summed E-state index contributed by atoms with van der Waals surface area (Å²) in [6, 6.07) is 11.7. The Labute approximate surface area is 149 Å². The third-order valence-electron chi connectivity index (χ3n) is 4.96. The van der Waals surface area contributed by atoms with Crippen LogP contribution in [0.2, 0.25) is 0 Å². The molecule has 132 valence electrons. The molecule has 25 heavy (non-hydrogen) atoms. The molecule has 0 atom stereocenters. The highest BCUT2D eigenvalue weighted by molar-refractivity contribution is 5.93. The van der Waals surface area contributed by atoms with Gasteiger partial charge in [0, 0.05) is 18.8 Å². The lowest BCUT2D eigenvalue weighted by Crippen LogP contribution is -2.35. The first-order chi connectivity index (χ1) is 12.1. The van der Waals surface area contributed by atoms with Gasteiger partial charge < -0.3 is 10.4 Å². The van der Waals surface area contributed by atoms with Gasteiger partial charge in [0.05, 0.1) is 6.54 Å². The fourth-order valence-electron chi connectivity index (χ4n) is 3.50. The van der Waals surface area contributed by atoms with Crippen LogP contribution in [0.3, 0.4) is 0 Å². The van der Waals surface area contributed by atoms with E-state index in [2.05, 4.69) is 23.2 Å². The van der Waals surface area contributed by atoms with Crippen molar-refractivity contribution in [3.8, 4) is 5.75 Å². The van der Waals surface area contributed by atoms with Crippen molar-refractivity contribution in [2.45, 2.75) is 33.1 Å². The van der Waals surface area contributed by atoms with Gasteiger partial charge in [-0.2, -0.15) is 0 Å². The maximum atomic E-state index is 12.5. The average molecular weight is 338 g/mol. The maximum Gasteiger partial charge on any atom is 0.238 e. The van der Waals surface area contributed by atoms with Gasteiger partial charge in [0.1, 0.15) is 5.75 Å². The number of amides is 1. The van der Waals surface area contributed by atoms with Gasteiger partial charge in [-0.25, -0.2) is 0 Å². The number of phenolic OH excluding ortho intramolecular Hbond substituents is 1. The first-order valence-corrected chi connectivity index (χ1v) is 8.98. The summed E-state index contributed by atoms with van der Waals surface area (Å²) in [4.78, 5) is 14.7. The van der Waals surface area contributed by atoms with Crippen LogP contribution < -0.4 is 5.32 Å². The maximum absolute atomic E-state index is 12.5. The smallest absolute Gasteiger partial charge is 0.238 e. The Morgan fingerprint density at radius 2 is 1.92 bits per heavy atom. The van der Waals surface area contributed by atoms with Crippen LogP contribution in [-0.2, 0) is 24.1 Å². The number of aromatic hydroxyl groups is 1. The minimum Gasteiger partial charge on any atom is -0.508 e. The quantitative estimate of drug-likeness (QED) is 0.899. The van der Waals surface area contributed by atoms with Crippen molar-refractivity contribution in [3.05, 3.63) is 58.7 Å². The zero-order chi connectivity index (χ0) is 17.8. The number of hydrogen-bond acceptors (Lipinski definition) is 3. The number of phenols is 1. The van der Waals surface area contributed by atoms with Gasteiger partial charge in [0.25, 0.3) is 0 Å². The molecule has 4 heteroatoms. The van der Waals surface area contributed by atoms with Crippen molar-refractivity contribution in [2.24, 2.45) is 0 Å². The molecule has 0 saturated carbocycles. The largest absolute Gasteiger partial charge is 0.508 e. The van der Waals surface area contributed by atoms with Crippen LogP contribution in [0.4, 0.5) is 5.69 Å². The SMILES string of the molecule is CCc1cccc(C)c1NC(=O)CN1CCc2ccc(O)cc2CC1. The predicted octanol–water partition coefficient (Wildman–Crippen LogP) is 3.30. The lowest BCUT2D eigenvalue weighted by atomic mass is 10.0. The first-order valence-electron chi connectivity index (χ1n) is 8.98. The second kappa shape index (κ2) is 7.70. The topological polar surface area (TPSA) is 52.6 Å². The highest BCUT2D eigenvalue weighted by Crippen LogP contribution is 2.22. The van der Waals surface area contributed by atoms with Gasteiger partial charge in [0.15, 0.2) is 0 Å². The van der Waals surface area contributed by atoms with Crippen LogP contribution in [-0.4, -0.2) is 35.5 Å². The number of para-hydroxylation sites is 1. The van der Waals surface area contributed by atoms with E-state index in [0.717, 1.165) is 43.6 Å². The van der Waals surface area contributed by atoms with Crippen LogP contribution in [0.1, 0.15) is 29.2 Å². The second-order valence-corrected chi connectivity index (χ2v) is 6.74. The highest BCUT2D eigenvalue weighted by atomic mass is 16.3. The number of rotatable bonds is 4. The Balaban J connectivity index is 1.63. The number of anilines is 1. The summed E-state index contributed by atoms with van der Waals surface area (Å²) in [5, 5.41) is 12.8. The number of nitrogens with zero attached hydrogens (tertiary/aromatic N) is 1. The molecule has 0 spiro atoms. The van der Waals surface area contributed by atoms with Crippen LogP contribution in [0.5, 0.6) is 5.75 Å². The fourth-order valence-corrected chi connectivity index (χ4v) is 3.50. The molecule has 2 aromatic rings. The molecular weight excluding hydrogens is 312 g/mol. The van der Waals surface area contributed by atoms with Crippen molar-refractivity contribution in [1.29, 1.82) is 0 Å². The van der Waals surface area contributed by atoms with Gasteiger partial charge in [-0.05, 0) is 60.6 Å². The average Bonchev–Trinajstić information content (AvgIpc) is 2.79. The third-order valence-corrected chi connectivity index (χ3v) is 4.96. The van der Waals surface area contributed by atoms with E-state index >= 15 is 0 Å². The van der Waals surface area contributed by atoms with E-state index < -0.39 is 0 Å². The molecule has 0 fully saturated rings. The summed E-state index contributed by atoms with van der Waals surface area (Å²) in [6.07, 6.45) is 2.68. The van der Waals surface area contributed by atoms with Gasteiger partial charge >= 0.3 is 0 Å². The molecule has 0 radical (unpaired) electrons. The second-order valence-electron chi connectivity index (χ2n) is 6.74. The molecule has 0 aliphatic carbocycles. The monoisotopic (exact) mass is 338 g/mol. The normalized spacial score (nSPS) is 14.6. The zero-order valence-corrected chi connectivity index (χ0v) is 15.0. The Kier molecular flexibility index (Phi) is 5.39. The predicted molar refractivity (Wildman–Crippen MR) is 101 cm³/mol. The van der Waals surface area contributed by atoms with Crippen molar-refractivity contribution in [1.82, 2.24) is 4.90 Å². The first kappa shape index (κ1) is 17.5. The van der Waals surface area contributed by atoms with E-state index in [-0.39, 0.29) is 5.91 Å². The number of carbonyl (C=O) groups excluding carboxylic acids is 1. The number of carbonyl (C=O) groups is 1. The molecule has 3 rings (SSSR count). The van der Waals surface area contributed by atoms with Gasteiger partial charge in [-0.3, -0.25) is 9.69 Å². The summed E-state index contributed by atoms with van der Waals surface area (Å²) in [5.74, 6) is 0.356. The molecule has 1 aliphatic rings. The molecule has 4 nitrogen and oxygen atoms in total. The summed E-state index contributed by atoms with van der Waals surface area (Å²) < 4.78 is 0. The van der Waals surface area contributed by atoms with E-state index in [1.54, 1.807) is 6.07 Å². The molecular formula is C21H26N2O2. The molecule has 2 N–H and O–H groups in total. The fraction of sp³-hybridized carbons (Fsp3) is 0.381. The van der Waals surface area contributed by atoms with Gasteiger partial charge in [-0.1, -0.05) is 31.2 Å². The van der Waals surface area contributed by atoms with Crippen LogP contribution in [0, 0.1) is 6.92 Å². The van der Waals surface area contributed by atoms with Crippen LogP contribution in [0.25, 0.3) is 0 Å². The van der Waals surface area contributed by atoms with E-state index in [1.807, 2.05) is 31.2 Å². The lowest BCUT2D eigenvalue weighted by molar-refractivity contribution is -0.117. The van der Waals surface area contributed by atoms with Gasteiger partial charge in [0.2, 0.25) is 5.91 Å². The molecule has 0 unspecified atom stereocenters. The van der Waals surface area contributed by atoms with E-state index in [1.165, 1.54) is 16.7 Å².